The highest BCUT2D eigenvalue weighted by atomic mass is 16.6. The lowest BCUT2D eigenvalue weighted by atomic mass is 10.1. The van der Waals surface area contributed by atoms with Crippen LogP contribution in [0.5, 0.6) is 5.75 Å². The summed E-state index contributed by atoms with van der Waals surface area (Å²) >= 11 is 0. The molecule has 1 N–H and O–H groups in total. The Morgan fingerprint density at radius 1 is 1.29 bits per heavy atom. The zero-order valence-corrected chi connectivity index (χ0v) is 11.0. The number of nitriles is 1. The summed E-state index contributed by atoms with van der Waals surface area (Å²) in [5, 5.41) is 28.8. The molecule has 0 aromatic heterocycles. The number of aliphatic hydroxyl groups excluding tert-OH is 1. The van der Waals surface area contributed by atoms with E-state index in [1.54, 1.807) is 18.2 Å². The van der Waals surface area contributed by atoms with E-state index >= 15 is 0 Å². The maximum Gasteiger partial charge on any atom is 0.270 e. The molecule has 0 aliphatic rings. The third-order valence-corrected chi connectivity index (χ3v) is 2.88. The Balaban J connectivity index is 2.16. The maximum absolute atomic E-state index is 10.7. The van der Waals surface area contributed by atoms with Gasteiger partial charge >= 0.3 is 0 Å². The van der Waals surface area contributed by atoms with E-state index in [9.17, 15) is 15.2 Å². The van der Waals surface area contributed by atoms with Gasteiger partial charge in [0.1, 0.15) is 12.4 Å². The van der Waals surface area contributed by atoms with E-state index in [-0.39, 0.29) is 18.9 Å². The van der Waals surface area contributed by atoms with Crippen LogP contribution >= 0.6 is 0 Å². The first-order chi connectivity index (χ1) is 10.1. The molecule has 2 aromatic rings. The average Bonchev–Trinajstić information content (AvgIpc) is 2.52. The van der Waals surface area contributed by atoms with Gasteiger partial charge in [0.05, 0.1) is 23.2 Å². The lowest BCUT2D eigenvalue weighted by Gasteiger charge is -2.10. The van der Waals surface area contributed by atoms with Crippen LogP contribution < -0.4 is 4.74 Å². The zero-order valence-electron chi connectivity index (χ0n) is 11.0. The van der Waals surface area contributed by atoms with Crippen LogP contribution in [0.4, 0.5) is 5.69 Å². The molecule has 106 valence electrons. The van der Waals surface area contributed by atoms with E-state index in [4.69, 9.17) is 10.00 Å². The zero-order chi connectivity index (χ0) is 15.2. The Bertz CT molecular complexity index is 707. The number of benzene rings is 2. The minimum absolute atomic E-state index is 0.0992. The number of nitro groups is 1. The van der Waals surface area contributed by atoms with Crippen molar-refractivity contribution in [1.29, 1.82) is 5.26 Å². The van der Waals surface area contributed by atoms with Gasteiger partial charge in [-0.05, 0) is 23.8 Å². The van der Waals surface area contributed by atoms with Crippen molar-refractivity contribution in [2.75, 3.05) is 0 Å². The Hall–Kier alpha value is -2.91. The van der Waals surface area contributed by atoms with Crippen molar-refractivity contribution in [3.05, 3.63) is 69.3 Å². The fourth-order valence-corrected chi connectivity index (χ4v) is 1.84. The van der Waals surface area contributed by atoms with Crippen molar-refractivity contribution >= 4 is 5.69 Å². The summed E-state index contributed by atoms with van der Waals surface area (Å²) in [5.41, 5.74) is 1.58. The van der Waals surface area contributed by atoms with Gasteiger partial charge in [-0.2, -0.15) is 5.26 Å². The predicted molar refractivity (Wildman–Crippen MR) is 74.5 cm³/mol. The Morgan fingerprint density at radius 2 is 2.10 bits per heavy atom. The minimum atomic E-state index is -0.528. The second-order valence-electron chi connectivity index (χ2n) is 4.31. The standard InChI is InChI=1S/C15H12N2O4/c16-8-11-2-1-3-12(6-11)10-21-15-5-4-14(17(19)20)7-13(15)9-18/h1-7,18H,9-10H2. The third-order valence-electron chi connectivity index (χ3n) is 2.88. The molecule has 2 aromatic carbocycles. The summed E-state index contributed by atoms with van der Waals surface area (Å²) in [6.07, 6.45) is 0. The number of nitrogens with zero attached hydrogens (tertiary/aromatic N) is 2. The molecule has 0 heterocycles. The number of hydrogen-bond donors (Lipinski definition) is 1. The van der Waals surface area contributed by atoms with Gasteiger partial charge in [-0.25, -0.2) is 0 Å². The number of nitro benzene ring substituents is 1. The largest absolute Gasteiger partial charge is 0.489 e. The lowest BCUT2D eigenvalue weighted by Crippen LogP contribution is -2.00. The van der Waals surface area contributed by atoms with Crippen LogP contribution in [0.2, 0.25) is 0 Å². The van der Waals surface area contributed by atoms with Gasteiger partial charge in [0.15, 0.2) is 0 Å². The third kappa shape index (κ3) is 3.55. The highest BCUT2D eigenvalue weighted by Crippen LogP contribution is 2.25. The van der Waals surface area contributed by atoms with Crippen LogP contribution in [0.3, 0.4) is 0 Å². The first-order valence-electron chi connectivity index (χ1n) is 6.14. The number of ether oxygens (including phenoxy) is 1. The second-order valence-corrected chi connectivity index (χ2v) is 4.31. The van der Waals surface area contributed by atoms with Crippen molar-refractivity contribution in [3.8, 4) is 11.8 Å². The number of hydrogen-bond acceptors (Lipinski definition) is 5. The van der Waals surface area contributed by atoms with E-state index in [2.05, 4.69) is 0 Å². The fourth-order valence-electron chi connectivity index (χ4n) is 1.84. The van der Waals surface area contributed by atoms with Gasteiger partial charge in [0, 0.05) is 17.7 Å². The molecule has 0 bridgehead atoms. The van der Waals surface area contributed by atoms with E-state index in [0.717, 1.165) is 5.56 Å². The monoisotopic (exact) mass is 284 g/mol. The van der Waals surface area contributed by atoms with Gasteiger partial charge in [0.2, 0.25) is 0 Å². The summed E-state index contributed by atoms with van der Waals surface area (Å²) in [5.74, 6) is 0.380. The molecule has 0 aliphatic heterocycles. The molecule has 2 rings (SSSR count). The molecule has 0 spiro atoms. The summed E-state index contributed by atoms with van der Waals surface area (Å²) in [6.45, 7) is -0.143. The van der Waals surface area contributed by atoms with E-state index < -0.39 is 4.92 Å². The summed E-state index contributed by atoms with van der Waals surface area (Å²) < 4.78 is 5.56. The van der Waals surface area contributed by atoms with Gasteiger partial charge in [-0.15, -0.1) is 0 Å². The molecule has 0 saturated carbocycles. The predicted octanol–water partition coefficient (Wildman–Crippen LogP) is 2.54. The van der Waals surface area contributed by atoms with Crippen LogP contribution in [-0.4, -0.2) is 10.0 Å². The number of non-ortho nitro benzene ring substituents is 1. The first kappa shape index (κ1) is 14.5. The second kappa shape index (κ2) is 6.50. The molecule has 0 amide bonds. The molecule has 0 atom stereocenters. The highest BCUT2D eigenvalue weighted by molar-refractivity contribution is 5.43. The van der Waals surface area contributed by atoms with Crippen molar-refractivity contribution in [2.24, 2.45) is 0 Å². The SMILES string of the molecule is N#Cc1cccc(COc2ccc([N+](=O)[O-])cc2CO)c1. The minimum Gasteiger partial charge on any atom is -0.489 e. The highest BCUT2D eigenvalue weighted by Gasteiger charge is 2.11. The van der Waals surface area contributed by atoms with Gasteiger partial charge in [-0.3, -0.25) is 10.1 Å². The molecule has 21 heavy (non-hydrogen) atoms. The Morgan fingerprint density at radius 3 is 2.76 bits per heavy atom. The number of rotatable bonds is 5. The molecule has 0 aliphatic carbocycles. The Labute approximate surface area is 121 Å². The summed E-state index contributed by atoms with van der Waals surface area (Å²) in [6, 6.07) is 13.0. The molecule has 0 radical (unpaired) electrons. The molecule has 0 unspecified atom stereocenters. The maximum atomic E-state index is 10.7. The van der Waals surface area contributed by atoms with Crippen LogP contribution in [0.1, 0.15) is 16.7 Å². The van der Waals surface area contributed by atoms with E-state index in [1.807, 2.05) is 12.1 Å². The topological polar surface area (TPSA) is 96.4 Å². The molecule has 0 saturated heterocycles. The van der Waals surface area contributed by atoms with Gasteiger partial charge < -0.3 is 9.84 Å². The molecule has 0 fully saturated rings. The van der Waals surface area contributed by atoms with Gasteiger partial charge in [-0.1, -0.05) is 12.1 Å². The van der Waals surface area contributed by atoms with Crippen LogP contribution in [-0.2, 0) is 13.2 Å². The van der Waals surface area contributed by atoms with Crippen molar-refractivity contribution in [3.63, 3.8) is 0 Å². The van der Waals surface area contributed by atoms with Crippen LogP contribution in [0.25, 0.3) is 0 Å². The molecule has 6 heteroatoms. The van der Waals surface area contributed by atoms with Crippen molar-refractivity contribution < 1.29 is 14.8 Å². The van der Waals surface area contributed by atoms with Gasteiger partial charge in [0.25, 0.3) is 5.69 Å². The smallest absolute Gasteiger partial charge is 0.270 e. The van der Waals surface area contributed by atoms with E-state index in [0.29, 0.717) is 16.9 Å². The first-order valence-corrected chi connectivity index (χ1v) is 6.14. The van der Waals surface area contributed by atoms with E-state index in [1.165, 1.54) is 18.2 Å². The molecule has 6 nitrogen and oxygen atoms in total. The Kier molecular flexibility index (Phi) is 4.49. The fraction of sp³-hybridized carbons (Fsp3) is 0.133. The van der Waals surface area contributed by atoms with Crippen molar-refractivity contribution in [2.45, 2.75) is 13.2 Å². The average molecular weight is 284 g/mol. The number of aliphatic hydroxyl groups is 1. The van der Waals surface area contributed by atoms with Crippen LogP contribution in [0, 0.1) is 21.4 Å². The molecular formula is C15H12N2O4. The van der Waals surface area contributed by atoms with Crippen LogP contribution in [0.15, 0.2) is 42.5 Å². The van der Waals surface area contributed by atoms with Crippen molar-refractivity contribution in [1.82, 2.24) is 0 Å². The summed E-state index contributed by atoms with van der Waals surface area (Å²) in [7, 11) is 0. The molecular weight excluding hydrogens is 272 g/mol. The normalized spacial score (nSPS) is 9.90. The lowest BCUT2D eigenvalue weighted by molar-refractivity contribution is -0.385. The quantitative estimate of drug-likeness (QED) is 0.672. The summed E-state index contributed by atoms with van der Waals surface area (Å²) in [4.78, 5) is 10.2.